The van der Waals surface area contributed by atoms with E-state index in [9.17, 15) is 4.79 Å². The molecule has 7 nitrogen and oxygen atoms in total. The van der Waals surface area contributed by atoms with E-state index >= 15 is 0 Å². The van der Waals surface area contributed by atoms with Gasteiger partial charge in [0.15, 0.2) is 0 Å². The molecule has 0 radical (unpaired) electrons. The van der Waals surface area contributed by atoms with E-state index in [1.807, 2.05) is 19.1 Å². The zero-order valence-electron chi connectivity index (χ0n) is 12.3. The highest BCUT2D eigenvalue weighted by molar-refractivity contribution is 5.92. The summed E-state index contributed by atoms with van der Waals surface area (Å²) in [5.74, 6) is -0.498. The Morgan fingerprint density at radius 3 is 2.86 bits per heavy atom. The van der Waals surface area contributed by atoms with Gasteiger partial charge in [0.1, 0.15) is 5.57 Å². The molecule has 3 heterocycles. The predicted molar refractivity (Wildman–Crippen MR) is 77.9 cm³/mol. The molecule has 2 aromatic heterocycles. The van der Waals surface area contributed by atoms with Gasteiger partial charge in [-0.15, -0.1) is 5.10 Å². The summed E-state index contributed by atoms with van der Waals surface area (Å²) in [5.41, 5.74) is 8.69. The first-order valence-electron chi connectivity index (χ1n) is 6.92. The van der Waals surface area contributed by atoms with Crippen molar-refractivity contribution in [1.29, 1.82) is 0 Å². The maximum Gasteiger partial charge on any atom is 0.340 e. The van der Waals surface area contributed by atoms with Gasteiger partial charge in [-0.25, -0.2) is 4.79 Å². The van der Waals surface area contributed by atoms with Crippen LogP contribution in [0.1, 0.15) is 29.7 Å². The number of aromatic nitrogens is 3. The van der Waals surface area contributed by atoms with Crippen LogP contribution in [0.5, 0.6) is 5.88 Å². The van der Waals surface area contributed by atoms with E-state index in [1.54, 1.807) is 19.3 Å². The second-order valence-electron chi connectivity index (χ2n) is 4.88. The lowest BCUT2D eigenvalue weighted by atomic mass is 9.84. The Morgan fingerprint density at radius 2 is 2.18 bits per heavy atom. The maximum absolute atomic E-state index is 12.3. The van der Waals surface area contributed by atoms with Gasteiger partial charge in [0, 0.05) is 23.7 Å². The number of aryl methyl sites for hydroxylation is 1. The minimum Gasteiger partial charge on any atom is -0.462 e. The molecule has 0 fully saturated rings. The van der Waals surface area contributed by atoms with Gasteiger partial charge < -0.3 is 15.2 Å². The normalized spacial score (nSPS) is 16.9. The van der Waals surface area contributed by atoms with E-state index in [4.69, 9.17) is 15.2 Å². The van der Waals surface area contributed by atoms with Crippen molar-refractivity contribution < 1.29 is 14.3 Å². The Kier molecular flexibility index (Phi) is 3.54. The first kappa shape index (κ1) is 14.1. The van der Waals surface area contributed by atoms with Crippen molar-refractivity contribution >= 4 is 5.97 Å². The van der Waals surface area contributed by atoms with Crippen LogP contribution in [0.25, 0.3) is 0 Å². The number of carbonyl (C=O) groups excluding carboxylic acids is 1. The van der Waals surface area contributed by atoms with Crippen molar-refractivity contribution in [2.75, 3.05) is 6.61 Å². The number of pyridine rings is 1. The van der Waals surface area contributed by atoms with Crippen molar-refractivity contribution in [3.05, 3.63) is 52.8 Å². The molecule has 0 saturated carbocycles. The Morgan fingerprint density at radius 1 is 1.45 bits per heavy atom. The minimum absolute atomic E-state index is 0.0132. The molecule has 3 N–H and O–H groups in total. The molecule has 0 aromatic carbocycles. The van der Waals surface area contributed by atoms with Gasteiger partial charge in [0.05, 0.1) is 12.5 Å². The molecule has 0 aliphatic carbocycles. The Balaban J connectivity index is 2.18. The Bertz CT molecular complexity index is 737. The average Bonchev–Trinajstić information content (AvgIpc) is 2.88. The van der Waals surface area contributed by atoms with Crippen molar-refractivity contribution in [3.8, 4) is 5.88 Å². The highest BCUT2D eigenvalue weighted by atomic mass is 16.5. The van der Waals surface area contributed by atoms with Crippen LogP contribution in [0, 0.1) is 6.92 Å². The fourth-order valence-corrected chi connectivity index (χ4v) is 2.60. The number of fused-ring (bicyclic) bond motifs is 1. The maximum atomic E-state index is 12.3. The summed E-state index contributed by atoms with van der Waals surface area (Å²) in [6.07, 6.45) is 3.33. The van der Waals surface area contributed by atoms with E-state index in [1.165, 1.54) is 0 Å². The van der Waals surface area contributed by atoms with Crippen LogP contribution in [-0.2, 0) is 9.53 Å². The number of ether oxygens (including phenoxy) is 2. The predicted octanol–water partition coefficient (Wildman–Crippen LogP) is 1.37. The molecule has 0 amide bonds. The summed E-state index contributed by atoms with van der Waals surface area (Å²) >= 11 is 0. The monoisotopic (exact) mass is 300 g/mol. The molecule has 0 saturated heterocycles. The van der Waals surface area contributed by atoms with Crippen LogP contribution in [0.3, 0.4) is 0 Å². The molecule has 0 bridgehead atoms. The molecule has 22 heavy (non-hydrogen) atoms. The third-order valence-corrected chi connectivity index (χ3v) is 3.54. The molecule has 1 aliphatic heterocycles. The zero-order chi connectivity index (χ0) is 15.7. The number of nitrogens with one attached hydrogen (secondary N) is 1. The van der Waals surface area contributed by atoms with E-state index in [2.05, 4.69) is 15.2 Å². The molecule has 7 heteroatoms. The van der Waals surface area contributed by atoms with Gasteiger partial charge in [0.2, 0.25) is 11.8 Å². The van der Waals surface area contributed by atoms with Crippen LogP contribution < -0.4 is 10.5 Å². The number of nitrogens with two attached hydrogens (primary N) is 1. The third-order valence-electron chi connectivity index (χ3n) is 3.54. The summed E-state index contributed by atoms with van der Waals surface area (Å²) in [6.45, 7) is 3.87. The number of carbonyl (C=O) groups is 1. The first-order valence-corrected chi connectivity index (χ1v) is 6.92. The fourth-order valence-electron chi connectivity index (χ4n) is 2.60. The highest BCUT2D eigenvalue weighted by Gasteiger charge is 2.38. The lowest BCUT2D eigenvalue weighted by molar-refractivity contribution is -0.139. The third kappa shape index (κ3) is 2.20. The summed E-state index contributed by atoms with van der Waals surface area (Å²) in [7, 11) is 0. The number of aromatic amines is 1. The lowest BCUT2D eigenvalue weighted by Crippen LogP contribution is -2.27. The van der Waals surface area contributed by atoms with Crippen molar-refractivity contribution in [1.82, 2.24) is 15.2 Å². The van der Waals surface area contributed by atoms with Gasteiger partial charge in [-0.05, 0) is 31.5 Å². The fraction of sp³-hybridized carbons (Fsp3) is 0.267. The Hall–Kier alpha value is -2.83. The number of hydrogen-bond acceptors (Lipinski definition) is 6. The van der Waals surface area contributed by atoms with Gasteiger partial charge in [-0.3, -0.25) is 10.1 Å². The standard InChI is InChI=1S/C15H16N4O3/c1-3-21-15(20)12-11(9-4-6-17-7-5-9)10-8(2)18-19-14(10)22-13(12)16/h4-7,11H,3,16H2,1-2H3,(H,18,19)/t11-/m1/s1. The smallest absolute Gasteiger partial charge is 0.340 e. The molecular formula is C15H16N4O3. The first-order chi connectivity index (χ1) is 10.6. The average molecular weight is 300 g/mol. The molecule has 2 aromatic rings. The van der Waals surface area contributed by atoms with E-state index < -0.39 is 11.9 Å². The molecule has 0 unspecified atom stereocenters. The van der Waals surface area contributed by atoms with E-state index in [0.29, 0.717) is 5.88 Å². The Labute approximate surface area is 127 Å². The minimum atomic E-state index is -0.493. The number of rotatable bonds is 3. The zero-order valence-corrected chi connectivity index (χ0v) is 12.3. The topological polar surface area (TPSA) is 103 Å². The largest absolute Gasteiger partial charge is 0.462 e. The van der Waals surface area contributed by atoms with Crippen molar-refractivity contribution in [2.24, 2.45) is 5.73 Å². The van der Waals surface area contributed by atoms with E-state index in [-0.39, 0.29) is 18.1 Å². The van der Waals surface area contributed by atoms with Crippen LogP contribution in [0.4, 0.5) is 0 Å². The summed E-state index contributed by atoms with van der Waals surface area (Å²) < 4.78 is 10.6. The molecule has 114 valence electrons. The lowest BCUT2D eigenvalue weighted by Gasteiger charge is -2.25. The SMILES string of the molecule is CCOC(=O)C1=C(N)Oc2n[nH]c(C)c2[C@H]1c1ccncc1. The summed E-state index contributed by atoms with van der Waals surface area (Å²) in [6, 6.07) is 3.66. The number of esters is 1. The van der Waals surface area contributed by atoms with Crippen LogP contribution >= 0.6 is 0 Å². The molecular weight excluding hydrogens is 284 g/mol. The van der Waals surface area contributed by atoms with Gasteiger partial charge in [0.25, 0.3) is 0 Å². The summed E-state index contributed by atoms with van der Waals surface area (Å²) in [4.78, 5) is 16.4. The summed E-state index contributed by atoms with van der Waals surface area (Å²) in [5, 5.41) is 6.96. The van der Waals surface area contributed by atoms with Crippen LogP contribution in [0.15, 0.2) is 36.0 Å². The van der Waals surface area contributed by atoms with Gasteiger partial charge in [-0.2, -0.15) is 0 Å². The second-order valence-corrected chi connectivity index (χ2v) is 4.88. The number of nitrogens with zero attached hydrogens (tertiary/aromatic N) is 2. The van der Waals surface area contributed by atoms with Gasteiger partial charge >= 0.3 is 5.97 Å². The number of hydrogen-bond donors (Lipinski definition) is 2. The van der Waals surface area contributed by atoms with Gasteiger partial charge in [-0.1, -0.05) is 0 Å². The highest BCUT2D eigenvalue weighted by Crippen LogP contribution is 2.42. The molecule has 1 atom stereocenters. The molecule has 3 rings (SSSR count). The second kappa shape index (κ2) is 5.51. The van der Waals surface area contributed by atoms with E-state index in [0.717, 1.165) is 16.8 Å². The molecule has 1 aliphatic rings. The quantitative estimate of drug-likeness (QED) is 0.830. The van der Waals surface area contributed by atoms with Crippen LogP contribution in [0.2, 0.25) is 0 Å². The number of H-pyrrole nitrogens is 1. The van der Waals surface area contributed by atoms with Crippen LogP contribution in [-0.4, -0.2) is 27.8 Å². The van der Waals surface area contributed by atoms with Crippen molar-refractivity contribution in [2.45, 2.75) is 19.8 Å². The molecule has 0 spiro atoms. The van der Waals surface area contributed by atoms with Crippen molar-refractivity contribution in [3.63, 3.8) is 0 Å².